The third-order valence-corrected chi connectivity index (χ3v) is 4.15. The van der Waals surface area contributed by atoms with Gasteiger partial charge in [0.05, 0.1) is 17.6 Å². The minimum absolute atomic E-state index is 0.392. The van der Waals surface area contributed by atoms with Crippen LogP contribution in [0, 0.1) is 12.8 Å². The summed E-state index contributed by atoms with van der Waals surface area (Å²) in [5.74, 6) is 2.49. The van der Waals surface area contributed by atoms with Crippen LogP contribution in [-0.2, 0) is 6.54 Å². The number of hydrogen-bond donors (Lipinski definition) is 2. The van der Waals surface area contributed by atoms with E-state index in [4.69, 9.17) is 4.99 Å². The van der Waals surface area contributed by atoms with Crippen LogP contribution in [0.5, 0.6) is 0 Å². The second-order valence-electron chi connectivity index (χ2n) is 6.24. The van der Waals surface area contributed by atoms with E-state index in [9.17, 15) is 0 Å². The standard InChI is InChI=1S/C18H29N5/c1-6-19-18(21-14(4)13(2)3)20-11-12-23-15(5)22-16-9-7-8-10-17(16)23/h7-10,13-14H,6,11-12H2,1-5H3,(H2,19,20,21). The number of aliphatic imine (C=N–C) groups is 1. The second-order valence-corrected chi connectivity index (χ2v) is 6.24. The SMILES string of the molecule is CCNC(=NCCn1c(C)nc2ccccc21)NC(C)C(C)C. The van der Waals surface area contributed by atoms with Gasteiger partial charge in [0.1, 0.15) is 5.82 Å². The predicted octanol–water partition coefficient (Wildman–Crippen LogP) is 2.94. The van der Waals surface area contributed by atoms with Crippen molar-refractivity contribution in [2.75, 3.05) is 13.1 Å². The van der Waals surface area contributed by atoms with Crippen LogP contribution < -0.4 is 10.6 Å². The largest absolute Gasteiger partial charge is 0.357 e. The highest BCUT2D eigenvalue weighted by molar-refractivity contribution is 5.80. The van der Waals surface area contributed by atoms with Crippen molar-refractivity contribution >= 4 is 17.0 Å². The van der Waals surface area contributed by atoms with Crippen molar-refractivity contribution in [2.45, 2.75) is 47.2 Å². The molecule has 2 aromatic rings. The van der Waals surface area contributed by atoms with Crippen LogP contribution >= 0.6 is 0 Å². The van der Waals surface area contributed by atoms with Gasteiger partial charge in [0.25, 0.3) is 0 Å². The smallest absolute Gasteiger partial charge is 0.191 e. The number of fused-ring (bicyclic) bond motifs is 1. The minimum Gasteiger partial charge on any atom is -0.357 e. The van der Waals surface area contributed by atoms with E-state index in [0.717, 1.165) is 36.9 Å². The first-order chi connectivity index (χ1) is 11.0. The first-order valence-electron chi connectivity index (χ1n) is 8.49. The van der Waals surface area contributed by atoms with Gasteiger partial charge in [0.2, 0.25) is 0 Å². The van der Waals surface area contributed by atoms with E-state index in [0.29, 0.717) is 12.0 Å². The quantitative estimate of drug-likeness (QED) is 0.636. The molecule has 0 spiro atoms. The Morgan fingerprint density at radius 3 is 2.70 bits per heavy atom. The summed E-state index contributed by atoms with van der Waals surface area (Å²) in [5, 5.41) is 6.78. The van der Waals surface area contributed by atoms with Crippen molar-refractivity contribution in [3.05, 3.63) is 30.1 Å². The highest BCUT2D eigenvalue weighted by Crippen LogP contribution is 2.15. The van der Waals surface area contributed by atoms with Crippen molar-refractivity contribution in [3.8, 4) is 0 Å². The lowest BCUT2D eigenvalue weighted by Crippen LogP contribution is -2.44. The maximum Gasteiger partial charge on any atom is 0.191 e. The first kappa shape index (κ1) is 17.3. The summed E-state index contributed by atoms with van der Waals surface area (Å²) in [6.45, 7) is 13.2. The van der Waals surface area contributed by atoms with E-state index in [1.54, 1.807) is 0 Å². The first-order valence-corrected chi connectivity index (χ1v) is 8.49. The van der Waals surface area contributed by atoms with Crippen molar-refractivity contribution in [1.29, 1.82) is 0 Å². The number of nitrogens with zero attached hydrogens (tertiary/aromatic N) is 3. The fraction of sp³-hybridized carbons (Fsp3) is 0.556. The third-order valence-electron chi connectivity index (χ3n) is 4.15. The number of rotatable bonds is 6. The van der Waals surface area contributed by atoms with Gasteiger partial charge in [-0.05, 0) is 38.8 Å². The molecule has 5 heteroatoms. The zero-order valence-electron chi connectivity index (χ0n) is 14.9. The van der Waals surface area contributed by atoms with E-state index in [1.807, 2.05) is 13.0 Å². The van der Waals surface area contributed by atoms with Gasteiger partial charge >= 0.3 is 0 Å². The number of aryl methyl sites for hydroxylation is 1. The molecule has 1 atom stereocenters. The van der Waals surface area contributed by atoms with Gasteiger partial charge in [-0.25, -0.2) is 4.98 Å². The molecule has 0 aliphatic carbocycles. The number of para-hydroxylation sites is 2. The summed E-state index contributed by atoms with van der Waals surface area (Å²) < 4.78 is 2.23. The van der Waals surface area contributed by atoms with E-state index in [1.165, 1.54) is 5.52 Å². The number of aromatic nitrogens is 2. The molecular formula is C18H29N5. The monoisotopic (exact) mass is 315 g/mol. The van der Waals surface area contributed by atoms with Crippen molar-refractivity contribution in [3.63, 3.8) is 0 Å². The molecule has 0 amide bonds. The Bertz CT molecular complexity index is 656. The predicted molar refractivity (Wildman–Crippen MR) is 97.9 cm³/mol. The molecule has 2 N–H and O–H groups in total. The van der Waals surface area contributed by atoms with E-state index in [2.05, 4.69) is 66.1 Å². The third kappa shape index (κ3) is 4.47. The van der Waals surface area contributed by atoms with Crippen LogP contribution in [0.15, 0.2) is 29.3 Å². The molecule has 5 nitrogen and oxygen atoms in total. The van der Waals surface area contributed by atoms with Gasteiger partial charge in [-0.15, -0.1) is 0 Å². The molecule has 0 aliphatic heterocycles. The zero-order valence-corrected chi connectivity index (χ0v) is 14.9. The van der Waals surface area contributed by atoms with Crippen LogP contribution in [0.1, 0.15) is 33.5 Å². The van der Waals surface area contributed by atoms with Crippen LogP contribution in [0.3, 0.4) is 0 Å². The summed E-state index contributed by atoms with van der Waals surface area (Å²) >= 11 is 0. The number of hydrogen-bond acceptors (Lipinski definition) is 2. The van der Waals surface area contributed by atoms with Crippen LogP contribution in [0.2, 0.25) is 0 Å². The van der Waals surface area contributed by atoms with Crippen LogP contribution in [0.25, 0.3) is 11.0 Å². The second kappa shape index (κ2) is 7.99. The average molecular weight is 315 g/mol. The van der Waals surface area contributed by atoms with Gasteiger partial charge in [-0.1, -0.05) is 26.0 Å². The molecule has 0 fully saturated rings. The fourth-order valence-electron chi connectivity index (χ4n) is 2.44. The number of nitrogens with one attached hydrogen (secondary N) is 2. The van der Waals surface area contributed by atoms with Gasteiger partial charge in [-0.2, -0.15) is 0 Å². The van der Waals surface area contributed by atoms with Gasteiger partial charge < -0.3 is 15.2 Å². The maximum absolute atomic E-state index is 4.70. The van der Waals surface area contributed by atoms with Crippen molar-refractivity contribution in [1.82, 2.24) is 20.2 Å². The lowest BCUT2D eigenvalue weighted by Gasteiger charge is -2.20. The molecule has 1 aromatic carbocycles. The van der Waals surface area contributed by atoms with E-state index in [-0.39, 0.29) is 0 Å². The van der Waals surface area contributed by atoms with Crippen LogP contribution in [0.4, 0.5) is 0 Å². The highest BCUT2D eigenvalue weighted by Gasteiger charge is 2.09. The Hall–Kier alpha value is -2.04. The lowest BCUT2D eigenvalue weighted by molar-refractivity contribution is 0.480. The Morgan fingerprint density at radius 2 is 2.00 bits per heavy atom. The molecule has 23 heavy (non-hydrogen) atoms. The molecule has 1 unspecified atom stereocenters. The fourth-order valence-corrected chi connectivity index (χ4v) is 2.44. The van der Waals surface area contributed by atoms with Crippen molar-refractivity contribution < 1.29 is 0 Å². The lowest BCUT2D eigenvalue weighted by atomic mass is 10.1. The molecule has 0 bridgehead atoms. The van der Waals surface area contributed by atoms with Gasteiger partial charge in [0, 0.05) is 19.1 Å². The molecule has 126 valence electrons. The number of guanidine groups is 1. The van der Waals surface area contributed by atoms with Crippen molar-refractivity contribution in [2.24, 2.45) is 10.9 Å². The zero-order chi connectivity index (χ0) is 16.8. The Labute approximate surface area is 139 Å². The molecule has 0 saturated carbocycles. The maximum atomic E-state index is 4.70. The minimum atomic E-state index is 0.392. The Morgan fingerprint density at radius 1 is 1.26 bits per heavy atom. The molecule has 0 saturated heterocycles. The molecule has 0 radical (unpaired) electrons. The Balaban J connectivity index is 2.06. The summed E-state index contributed by atoms with van der Waals surface area (Å²) in [6.07, 6.45) is 0. The Kier molecular flexibility index (Phi) is 6.02. The topological polar surface area (TPSA) is 54.2 Å². The van der Waals surface area contributed by atoms with E-state index < -0.39 is 0 Å². The summed E-state index contributed by atoms with van der Waals surface area (Å²) in [5.41, 5.74) is 2.22. The molecule has 2 rings (SSSR count). The summed E-state index contributed by atoms with van der Waals surface area (Å²) in [4.78, 5) is 9.31. The molecular weight excluding hydrogens is 286 g/mol. The van der Waals surface area contributed by atoms with Gasteiger partial charge in [0.15, 0.2) is 5.96 Å². The molecule has 1 heterocycles. The summed E-state index contributed by atoms with van der Waals surface area (Å²) in [7, 11) is 0. The molecule has 1 aromatic heterocycles. The van der Waals surface area contributed by atoms with Gasteiger partial charge in [-0.3, -0.25) is 4.99 Å². The number of benzene rings is 1. The highest BCUT2D eigenvalue weighted by atomic mass is 15.2. The normalized spacial score (nSPS) is 13.6. The average Bonchev–Trinajstić information content (AvgIpc) is 2.83. The number of imidazole rings is 1. The summed E-state index contributed by atoms with van der Waals surface area (Å²) in [6, 6.07) is 8.64. The molecule has 0 aliphatic rings. The van der Waals surface area contributed by atoms with Crippen LogP contribution in [-0.4, -0.2) is 34.6 Å². The van der Waals surface area contributed by atoms with E-state index >= 15 is 0 Å².